The first-order valence-corrected chi connectivity index (χ1v) is 8.19. The number of nitrogens with two attached hydrogens (primary N) is 1. The molecule has 0 aliphatic carbocycles. The van der Waals surface area contributed by atoms with Crippen LogP contribution in [0.1, 0.15) is 17.3 Å². The van der Waals surface area contributed by atoms with Crippen LogP contribution in [0.4, 0.5) is 4.39 Å². The molecule has 1 aromatic rings. The lowest BCUT2D eigenvalue weighted by molar-refractivity contribution is 0.0516. The maximum atomic E-state index is 13.9. The van der Waals surface area contributed by atoms with Gasteiger partial charge in [-0.15, -0.1) is 0 Å². The van der Waals surface area contributed by atoms with Gasteiger partial charge in [-0.25, -0.2) is 17.9 Å². The third kappa shape index (κ3) is 3.27. The number of carbonyl (C=O) groups excluding carboxylic acids is 1. The number of hydrogen-bond donors (Lipinski definition) is 2. The van der Waals surface area contributed by atoms with Crippen LogP contribution in [0.2, 0.25) is 0 Å². The molecule has 0 bridgehead atoms. The molecule has 1 amide bonds. The van der Waals surface area contributed by atoms with Crippen LogP contribution < -0.4 is 5.14 Å². The number of rotatable bonds is 4. The van der Waals surface area contributed by atoms with Crippen molar-refractivity contribution in [2.45, 2.75) is 24.0 Å². The van der Waals surface area contributed by atoms with E-state index in [1.807, 2.05) is 0 Å². The van der Waals surface area contributed by atoms with E-state index in [0.29, 0.717) is 0 Å². The van der Waals surface area contributed by atoms with Gasteiger partial charge in [-0.05, 0) is 25.1 Å². The number of carbonyl (C=O) groups is 1. The number of amides is 1. The molecule has 0 spiro atoms. The predicted molar refractivity (Wildman–Crippen MR) is 75.1 cm³/mol. The second kappa shape index (κ2) is 6.29. The molecule has 2 rings (SSSR count). The minimum absolute atomic E-state index is 0.0914. The molecule has 1 heterocycles. The molecule has 3 N–H and O–H groups in total. The Labute approximate surface area is 127 Å². The Bertz CT molecular complexity index is 679. The zero-order valence-electron chi connectivity index (χ0n) is 11.9. The van der Waals surface area contributed by atoms with Crippen molar-refractivity contribution in [2.75, 3.05) is 19.8 Å². The van der Waals surface area contributed by atoms with Crippen molar-refractivity contribution in [2.24, 2.45) is 5.14 Å². The Morgan fingerprint density at radius 1 is 1.50 bits per heavy atom. The van der Waals surface area contributed by atoms with Crippen molar-refractivity contribution < 1.29 is 27.4 Å². The van der Waals surface area contributed by atoms with Crippen LogP contribution in [0.15, 0.2) is 23.1 Å². The summed E-state index contributed by atoms with van der Waals surface area (Å²) in [5.74, 6) is -1.58. The predicted octanol–water partition coefficient (Wildman–Crippen LogP) is -0.305. The quantitative estimate of drug-likeness (QED) is 0.786. The molecule has 0 aromatic heterocycles. The van der Waals surface area contributed by atoms with E-state index in [4.69, 9.17) is 9.88 Å². The molecule has 1 saturated heterocycles. The molecule has 122 valence electrons. The normalized spacial score (nSPS) is 21.8. The lowest BCUT2D eigenvalue weighted by atomic mass is 10.1. The van der Waals surface area contributed by atoms with E-state index in [-0.39, 0.29) is 24.7 Å². The summed E-state index contributed by atoms with van der Waals surface area (Å²) in [5.41, 5.74) is -0.410. The standard InChI is InChI=1S/C13H17FN2O5S/c1-2-16(11-6-21-7-12(11)17)13(18)9-5-8(22(15,19)20)3-4-10(9)14/h3-5,11-12,17H,2,6-7H2,1H3,(H2,15,19,20)/t11-,12-/m0/s1. The summed E-state index contributed by atoms with van der Waals surface area (Å²) in [4.78, 5) is 13.4. The number of benzene rings is 1. The van der Waals surface area contributed by atoms with Crippen LogP contribution >= 0.6 is 0 Å². The van der Waals surface area contributed by atoms with E-state index in [0.717, 1.165) is 18.2 Å². The number of sulfonamides is 1. The van der Waals surface area contributed by atoms with Gasteiger partial charge in [0, 0.05) is 6.54 Å². The molecule has 2 atom stereocenters. The van der Waals surface area contributed by atoms with Gasteiger partial charge < -0.3 is 14.7 Å². The van der Waals surface area contributed by atoms with Gasteiger partial charge in [-0.1, -0.05) is 0 Å². The third-order valence-electron chi connectivity index (χ3n) is 3.52. The van der Waals surface area contributed by atoms with Crippen LogP contribution in [-0.2, 0) is 14.8 Å². The Hall–Kier alpha value is -1.55. The van der Waals surface area contributed by atoms with E-state index in [1.165, 1.54) is 4.90 Å². The van der Waals surface area contributed by atoms with Gasteiger partial charge >= 0.3 is 0 Å². The minimum Gasteiger partial charge on any atom is -0.388 e. The van der Waals surface area contributed by atoms with Gasteiger partial charge in [-0.2, -0.15) is 0 Å². The summed E-state index contributed by atoms with van der Waals surface area (Å²) in [7, 11) is -4.05. The van der Waals surface area contributed by atoms with Gasteiger partial charge in [0.05, 0.1) is 35.8 Å². The molecule has 1 aliphatic heterocycles. The fourth-order valence-electron chi connectivity index (χ4n) is 2.36. The number of hydrogen-bond acceptors (Lipinski definition) is 5. The Balaban J connectivity index is 2.39. The summed E-state index contributed by atoms with van der Waals surface area (Å²) in [6, 6.07) is 2.17. The molecular weight excluding hydrogens is 315 g/mol. The van der Waals surface area contributed by atoms with Gasteiger partial charge in [-0.3, -0.25) is 4.79 Å². The maximum absolute atomic E-state index is 13.9. The number of aliphatic hydroxyl groups is 1. The fraction of sp³-hybridized carbons (Fsp3) is 0.462. The van der Waals surface area contributed by atoms with Crippen molar-refractivity contribution >= 4 is 15.9 Å². The van der Waals surface area contributed by atoms with E-state index < -0.39 is 39.5 Å². The monoisotopic (exact) mass is 332 g/mol. The minimum atomic E-state index is -4.05. The summed E-state index contributed by atoms with van der Waals surface area (Å²) in [6.07, 6.45) is -0.867. The molecule has 1 fully saturated rings. The second-order valence-corrected chi connectivity index (χ2v) is 6.51. The highest BCUT2D eigenvalue weighted by Gasteiger charge is 2.35. The van der Waals surface area contributed by atoms with Gasteiger partial charge in [0.1, 0.15) is 5.82 Å². The van der Waals surface area contributed by atoms with E-state index in [9.17, 15) is 22.7 Å². The van der Waals surface area contributed by atoms with E-state index >= 15 is 0 Å². The van der Waals surface area contributed by atoms with Crippen LogP contribution in [0, 0.1) is 5.82 Å². The van der Waals surface area contributed by atoms with Crippen LogP contribution in [0.3, 0.4) is 0 Å². The highest BCUT2D eigenvalue weighted by molar-refractivity contribution is 7.89. The SMILES string of the molecule is CCN(C(=O)c1cc(S(N)(=O)=O)ccc1F)[C@H]1COC[C@@H]1O. The molecule has 22 heavy (non-hydrogen) atoms. The molecule has 7 nitrogen and oxygen atoms in total. The lowest BCUT2D eigenvalue weighted by Gasteiger charge is -2.29. The van der Waals surface area contributed by atoms with Gasteiger partial charge in [0.25, 0.3) is 5.91 Å². The van der Waals surface area contributed by atoms with Crippen molar-refractivity contribution in [1.29, 1.82) is 0 Å². The van der Waals surface area contributed by atoms with Crippen LogP contribution in [0.25, 0.3) is 0 Å². The van der Waals surface area contributed by atoms with E-state index in [1.54, 1.807) is 6.92 Å². The van der Waals surface area contributed by atoms with Crippen LogP contribution in [0.5, 0.6) is 0 Å². The van der Waals surface area contributed by atoms with E-state index in [2.05, 4.69) is 0 Å². The molecule has 0 radical (unpaired) electrons. The number of ether oxygens (including phenoxy) is 1. The Morgan fingerprint density at radius 2 is 2.18 bits per heavy atom. The zero-order chi connectivity index (χ0) is 16.5. The molecule has 1 aromatic carbocycles. The average molecular weight is 332 g/mol. The third-order valence-corrected chi connectivity index (χ3v) is 4.43. The average Bonchev–Trinajstić information content (AvgIpc) is 2.85. The zero-order valence-corrected chi connectivity index (χ0v) is 12.7. The Kier molecular flexibility index (Phi) is 4.81. The molecule has 1 aliphatic rings. The van der Waals surface area contributed by atoms with Crippen molar-refractivity contribution in [3.05, 3.63) is 29.6 Å². The molecule has 0 unspecified atom stereocenters. The first-order valence-electron chi connectivity index (χ1n) is 6.64. The van der Waals surface area contributed by atoms with Crippen molar-refractivity contribution in [3.8, 4) is 0 Å². The number of halogens is 1. The maximum Gasteiger partial charge on any atom is 0.257 e. The lowest BCUT2D eigenvalue weighted by Crippen LogP contribution is -2.46. The van der Waals surface area contributed by atoms with Gasteiger partial charge in [0.2, 0.25) is 10.0 Å². The van der Waals surface area contributed by atoms with Crippen molar-refractivity contribution in [3.63, 3.8) is 0 Å². The number of aliphatic hydroxyl groups excluding tert-OH is 1. The van der Waals surface area contributed by atoms with Crippen molar-refractivity contribution in [1.82, 2.24) is 4.90 Å². The topological polar surface area (TPSA) is 110 Å². The summed E-state index contributed by atoms with van der Waals surface area (Å²) >= 11 is 0. The fourth-order valence-corrected chi connectivity index (χ4v) is 2.90. The molecular formula is C13H17FN2O5S. The molecule has 0 saturated carbocycles. The highest BCUT2D eigenvalue weighted by atomic mass is 32.2. The summed E-state index contributed by atoms with van der Waals surface area (Å²) in [6.45, 7) is 2.11. The second-order valence-electron chi connectivity index (χ2n) is 4.95. The Morgan fingerprint density at radius 3 is 2.68 bits per heavy atom. The first-order chi connectivity index (χ1) is 10.3. The van der Waals surface area contributed by atoms with Crippen LogP contribution in [-0.4, -0.2) is 56.2 Å². The molecule has 9 heteroatoms. The number of nitrogens with zero attached hydrogens (tertiary/aromatic N) is 1. The number of likely N-dealkylation sites (N-methyl/N-ethyl adjacent to an activating group) is 1. The summed E-state index contributed by atoms with van der Waals surface area (Å²) in [5, 5.41) is 14.8. The highest BCUT2D eigenvalue weighted by Crippen LogP contribution is 2.20. The smallest absolute Gasteiger partial charge is 0.257 e. The number of primary sulfonamides is 1. The first kappa shape index (κ1) is 16.8. The largest absolute Gasteiger partial charge is 0.388 e. The summed E-state index contributed by atoms with van der Waals surface area (Å²) < 4.78 is 41.7. The van der Waals surface area contributed by atoms with Gasteiger partial charge in [0.15, 0.2) is 0 Å².